The summed E-state index contributed by atoms with van der Waals surface area (Å²) < 4.78 is 0. The lowest BCUT2D eigenvalue weighted by molar-refractivity contribution is 0.0449. The molecule has 1 rings (SSSR count). The SMILES string of the molecule is CCNC1CC(C(O)CC)CN(C)C1. The van der Waals surface area contributed by atoms with Gasteiger partial charge in [-0.15, -0.1) is 0 Å². The molecule has 0 spiro atoms. The molecule has 3 atom stereocenters. The van der Waals surface area contributed by atoms with Crippen LogP contribution in [0.2, 0.25) is 0 Å². The Morgan fingerprint density at radius 3 is 2.71 bits per heavy atom. The molecule has 0 amide bonds. The molecule has 3 unspecified atom stereocenters. The molecule has 1 aliphatic rings. The minimum atomic E-state index is -0.126. The van der Waals surface area contributed by atoms with E-state index in [0.29, 0.717) is 12.0 Å². The van der Waals surface area contributed by atoms with Crippen molar-refractivity contribution in [2.24, 2.45) is 5.92 Å². The Bertz CT molecular complexity index is 163. The van der Waals surface area contributed by atoms with Gasteiger partial charge in [0, 0.05) is 19.1 Å². The number of hydrogen-bond acceptors (Lipinski definition) is 3. The average molecular weight is 200 g/mol. The van der Waals surface area contributed by atoms with Crippen molar-refractivity contribution < 1.29 is 5.11 Å². The molecule has 2 N–H and O–H groups in total. The number of aliphatic hydroxyl groups excluding tert-OH is 1. The largest absolute Gasteiger partial charge is 0.393 e. The molecule has 3 heteroatoms. The average Bonchev–Trinajstić information content (AvgIpc) is 2.16. The molecule has 0 aromatic heterocycles. The fourth-order valence-corrected chi connectivity index (χ4v) is 2.41. The van der Waals surface area contributed by atoms with E-state index < -0.39 is 0 Å². The van der Waals surface area contributed by atoms with Gasteiger partial charge in [-0.05, 0) is 32.4 Å². The van der Waals surface area contributed by atoms with Crippen molar-refractivity contribution in [3.05, 3.63) is 0 Å². The fourth-order valence-electron chi connectivity index (χ4n) is 2.41. The topological polar surface area (TPSA) is 35.5 Å². The van der Waals surface area contributed by atoms with Crippen molar-refractivity contribution in [3.63, 3.8) is 0 Å². The van der Waals surface area contributed by atoms with Crippen LogP contribution in [0.1, 0.15) is 26.7 Å². The zero-order valence-electron chi connectivity index (χ0n) is 9.66. The van der Waals surface area contributed by atoms with Crippen LogP contribution in [-0.2, 0) is 0 Å². The predicted molar refractivity (Wildman–Crippen MR) is 59.4 cm³/mol. The van der Waals surface area contributed by atoms with Gasteiger partial charge in [0.2, 0.25) is 0 Å². The monoisotopic (exact) mass is 200 g/mol. The van der Waals surface area contributed by atoms with E-state index in [2.05, 4.69) is 31.1 Å². The van der Waals surface area contributed by atoms with Gasteiger partial charge in [0.15, 0.2) is 0 Å². The van der Waals surface area contributed by atoms with Gasteiger partial charge in [0.05, 0.1) is 6.10 Å². The first kappa shape index (κ1) is 12.0. The van der Waals surface area contributed by atoms with Crippen molar-refractivity contribution in [1.29, 1.82) is 0 Å². The Morgan fingerprint density at radius 2 is 2.14 bits per heavy atom. The second-order valence-corrected chi connectivity index (χ2v) is 4.45. The lowest BCUT2D eigenvalue weighted by Crippen LogP contribution is -2.50. The standard InChI is InChI=1S/C11H24N2O/c1-4-11(14)9-6-10(12-5-2)8-13(3)7-9/h9-12,14H,4-8H2,1-3H3. The molecule has 1 saturated heterocycles. The summed E-state index contributed by atoms with van der Waals surface area (Å²) in [5.74, 6) is 0.447. The van der Waals surface area contributed by atoms with Crippen LogP contribution in [0.5, 0.6) is 0 Å². The van der Waals surface area contributed by atoms with E-state index in [1.807, 2.05) is 0 Å². The molecular formula is C11H24N2O. The van der Waals surface area contributed by atoms with Crippen LogP contribution in [0.25, 0.3) is 0 Å². The molecule has 0 saturated carbocycles. The van der Waals surface area contributed by atoms with Gasteiger partial charge < -0.3 is 15.3 Å². The molecular weight excluding hydrogens is 176 g/mol. The third-order valence-electron chi connectivity index (χ3n) is 3.12. The first-order valence-corrected chi connectivity index (χ1v) is 5.77. The highest BCUT2D eigenvalue weighted by molar-refractivity contribution is 4.84. The molecule has 0 bridgehead atoms. The lowest BCUT2D eigenvalue weighted by atomic mass is 9.89. The maximum Gasteiger partial charge on any atom is 0.0578 e. The Hall–Kier alpha value is -0.120. The van der Waals surface area contributed by atoms with Crippen molar-refractivity contribution in [2.75, 3.05) is 26.7 Å². The zero-order valence-corrected chi connectivity index (χ0v) is 9.66. The number of likely N-dealkylation sites (N-methyl/N-ethyl adjacent to an activating group) is 2. The number of nitrogens with zero attached hydrogens (tertiary/aromatic N) is 1. The van der Waals surface area contributed by atoms with E-state index >= 15 is 0 Å². The smallest absolute Gasteiger partial charge is 0.0578 e. The first-order chi connectivity index (χ1) is 6.67. The van der Waals surface area contributed by atoms with Gasteiger partial charge in [-0.1, -0.05) is 13.8 Å². The summed E-state index contributed by atoms with van der Waals surface area (Å²) in [5, 5.41) is 13.3. The Morgan fingerprint density at radius 1 is 1.43 bits per heavy atom. The van der Waals surface area contributed by atoms with Crippen LogP contribution in [0, 0.1) is 5.92 Å². The zero-order chi connectivity index (χ0) is 10.6. The van der Waals surface area contributed by atoms with Gasteiger partial charge in [0.1, 0.15) is 0 Å². The van der Waals surface area contributed by atoms with E-state index in [9.17, 15) is 5.11 Å². The lowest BCUT2D eigenvalue weighted by Gasteiger charge is -2.37. The summed E-state index contributed by atoms with van der Waals surface area (Å²) in [6.07, 6.45) is 1.86. The van der Waals surface area contributed by atoms with Gasteiger partial charge in [-0.2, -0.15) is 0 Å². The number of piperidine rings is 1. The third kappa shape index (κ3) is 3.23. The quantitative estimate of drug-likeness (QED) is 0.701. The van der Waals surface area contributed by atoms with Crippen molar-refractivity contribution >= 4 is 0 Å². The van der Waals surface area contributed by atoms with Crippen molar-refractivity contribution in [1.82, 2.24) is 10.2 Å². The van der Waals surface area contributed by atoms with Gasteiger partial charge >= 0.3 is 0 Å². The van der Waals surface area contributed by atoms with Crippen LogP contribution in [0.3, 0.4) is 0 Å². The van der Waals surface area contributed by atoms with E-state index in [1.54, 1.807) is 0 Å². The molecule has 14 heavy (non-hydrogen) atoms. The fraction of sp³-hybridized carbons (Fsp3) is 1.00. The highest BCUT2D eigenvalue weighted by Crippen LogP contribution is 2.20. The van der Waals surface area contributed by atoms with Crippen LogP contribution < -0.4 is 5.32 Å². The second-order valence-electron chi connectivity index (χ2n) is 4.45. The maximum absolute atomic E-state index is 9.83. The number of aliphatic hydroxyl groups is 1. The van der Waals surface area contributed by atoms with E-state index in [-0.39, 0.29) is 6.10 Å². The summed E-state index contributed by atoms with van der Waals surface area (Å²) in [4.78, 5) is 2.32. The number of hydrogen-bond donors (Lipinski definition) is 2. The molecule has 1 fully saturated rings. The summed E-state index contributed by atoms with van der Waals surface area (Å²) in [7, 11) is 2.14. The minimum absolute atomic E-state index is 0.126. The summed E-state index contributed by atoms with van der Waals surface area (Å²) in [5.41, 5.74) is 0. The highest BCUT2D eigenvalue weighted by atomic mass is 16.3. The molecule has 3 nitrogen and oxygen atoms in total. The summed E-state index contributed by atoms with van der Waals surface area (Å²) >= 11 is 0. The molecule has 1 heterocycles. The Kier molecular flexibility index (Phi) is 4.85. The Labute approximate surface area is 87.5 Å². The third-order valence-corrected chi connectivity index (χ3v) is 3.12. The normalized spacial score (nSPS) is 31.7. The molecule has 0 aliphatic carbocycles. The molecule has 1 aliphatic heterocycles. The number of nitrogens with one attached hydrogen (secondary N) is 1. The van der Waals surface area contributed by atoms with Crippen molar-refractivity contribution in [2.45, 2.75) is 38.8 Å². The summed E-state index contributed by atoms with van der Waals surface area (Å²) in [6.45, 7) is 7.37. The minimum Gasteiger partial charge on any atom is -0.393 e. The molecule has 0 aromatic carbocycles. The molecule has 0 radical (unpaired) electrons. The molecule has 84 valence electrons. The van der Waals surface area contributed by atoms with Crippen LogP contribution >= 0.6 is 0 Å². The predicted octanol–water partition coefficient (Wildman–Crippen LogP) is 0.687. The van der Waals surface area contributed by atoms with Gasteiger partial charge in [-0.3, -0.25) is 0 Å². The summed E-state index contributed by atoms with van der Waals surface area (Å²) in [6, 6.07) is 0.560. The maximum atomic E-state index is 9.83. The van der Waals surface area contributed by atoms with Crippen molar-refractivity contribution in [3.8, 4) is 0 Å². The van der Waals surface area contributed by atoms with Gasteiger partial charge in [-0.25, -0.2) is 0 Å². The number of rotatable bonds is 4. The van der Waals surface area contributed by atoms with E-state index in [1.165, 1.54) is 0 Å². The van der Waals surface area contributed by atoms with Gasteiger partial charge in [0.25, 0.3) is 0 Å². The highest BCUT2D eigenvalue weighted by Gasteiger charge is 2.28. The second kappa shape index (κ2) is 5.69. The van der Waals surface area contributed by atoms with Crippen LogP contribution in [-0.4, -0.2) is 48.8 Å². The van der Waals surface area contributed by atoms with E-state index in [0.717, 1.165) is 32.5 Å². The van der Waals surface area contributed by atoms with E-state index in [4.69, 9.17) is 0 Å². The number of likely N-dealkylation sites (tertiary alicyclic amines) is 1. The molecule has 0 aromatic rings. The first-order valence-electron chi connectivity index (χ1n) is 5.77. The Balaban J connectivity index is 2.45. The van der Waals surface area contributed by atoms with Crippen LogP contribution in [0.4, 0.5) is 0 Å². The van der Waals surface area contributed by atoms with Crippen LogP contribution in [0.15, 0.2) is 0 Å².